The molecular weight excluding hydrogens is 212 g/mol. The minimum atomic E-state index is -0.199. The van der Waals surface area contributed by atoms with Crippen molar-refractivity contribution in [1.82, 2.24) is 0 Å². The molecule has 0 aliphatic heterocycles. The lowest BCUT2D eigenvalue weighted by molar-refractivity contribution is 0.104. The Balaban J connectivity index is 2.17. The van der Waals surface area contributed by atoms with Crippen molar-refractivity contribution in [2.75, 3.05) is 6.61 Å². The Hall–Kier alpha value is -1.02. The van der Waals surface area contributed by atoms with E-state index in [0.717, 1.165) is 38.0 Å². The molecule has 17 heavy (non-hydrogen) atoms. The Bertz CT molecular complexity index is 349. The van der Waals surface area contributed by atoms with Gasteiger partial charge >= 0.3 is 0 Å². The van der Waals surface area contributed by atoms with Gasteiger partial charge in [-0.2, -0.15) is 0 Å². The van der Waals surface area contributed by atoms with Gasteiger partial charge in [0.05, 0.1) is 12.7 Å². The van der Waals surface area contributed by atoms with Crippen LogP contribution in [-0.4, -0.2) is 17.8 Å². The Morgan fingerprint density at radius 2 is 2.00 bits per heavy atom. The molecule has 1 N–H and O–H groups in total. The topological polar surface area (TPSA) is 29.5 Å². The van der Waals surface area contributed by atoms with Gasteiger partial charge in [-0.15, -0.1) is 0 Å². The maximum atomic E-state index is 10.1. The highest BCUT2D eigenvalue weighted by molar-refractivity contribution is 5.37. The molecule has 1 aromatic rings. The highest BCUT2D eigenvalue weighted by atomic mass is 16.5. The van der Waals surface area contributed by atoms with E-state index in [4.69, 9.17) is 4.74 Å². The normalized spacial score (nSPS) is 24.6. The fourth-order valence-electron chi connectivity index (χ4n) is 2.60. The van der Waals surface area contributed by atoms with Crippen LogP contribution < -0.4 is 4.74 Å². The molecule has 1 fully saturated rings. The zero-order valence-electron chi connectivity index (χ0n) is 10.6. The van der Waals surface area contributed by atoms with Crippen LogP contribution >= 0.6 is 0 Å². The molecule has 0 amide bonds. The molecule has 0 aromatic heterocycles. The van der Waals surface area contributed by atoms with Gasteiger partial charge in [0.15, 0.2) is 0 Å². The molecule has 1 aliphatic rings. The zero-order chi connectivity index (χ0) is 12.1. The number of ether oxygens (including phenoxy) is 1. The number of hydrogen-bond donors (Lipinski definition) is 1. The third kappa shape index (κ3) is 3.01. The van der Waals surface area contributed by atoms with Crippen LogP contribution in [0.2, 0.25) is 0 Å². The van der Waals surface area contributed by atoms with Crippen LogP contribution in [0.15, 0.2) is 24.3 Å². The van der Waals surface area contributed by atoms with Crippen LogP contribution in [0.5, 0.6) is 5.75 Å². The third-order valence-electron chi connectivity index (χ3n) is 3.51. The first-order chi connectivity index (χ1) is 8.33. The highest BCUT2D eigenvalue weighted by Gasteiger charge is 2.26. The van der Waals surface area contributed by atoms with Crippen LogP contribution in [0.25, 0.3) is 0 Å². The van der Waals surface area contributed by atoms with Gasteiger partial charge in [-0.05, 0) is 30.9 Å². The maximum Gasteiger partial charge on any atom is 0.122 e. The van der Waals surface area contributed by atoms with Crippen molar-refractivity contribution in [3.63, 3.8) is 0 Å². The molecule has 0 saturated heterocycles. The largest absolute Gasteiger partial charge is 0.493 e. The lowest BCUT2D eigenvalue weighted by Crippen LogP contribution is -2.23. The maximum absolute atomic E-state index is 10.1. The number of rotatable bonds is 4. The quantitative estimate of drug-likeness (QED) is 0.864. The van der Waals surface area contributed by atoms with E-state index in [1.54, 1.807) is 0 Å². The van der Waals surface area contributed by atoms with Crippen molar-refractivity contribution in [1.29, 1.82) is 0 Å². The summed E-state index contributed by atoms with van der Waals surface area (Å²) < 4.78 is 5.78. The molecular formula is C15H22O2. The smallest absolute Gasteiger partial charge is 0.122 e. The van der Waals surface area contributed by atoms with Crippen molar-refractivity contribution in [2.24, 2.45) is 0 Å². The van der Waals surface area contributed by atoms with E-state index < -0.39 is 0 Å². The first kappa shape index (κ1) is 12.4. The van der Waals surface area contributed by atoms with Crippen LogP contribution in [0.4, 0.5) is 0 Å². The zero-order valence-corrected chi connectivity index (χ0v) is 10.6. The molecule has 0 unspecified atom stereocenters. The minimum Gasteiger partial charge on any atom is -0.493 e. The van der Waals surface area contributed by atoms with E-state index in [2.05, 4.69) is 13.0 Å². The summed E-state index contributed by atoms with van der Waals surface area (Å²) in [7, 11) is 0. The summed E-state index contributed by atoms with van der Waals surface area (Å²) in [5.41, 5.74) is 1.19. The number of aliphatic hydroxyl groups excluding tert-OH is 1. The Labute approximate surface area is 104 Å². The summed E-state index contributed by atoms with van der Waals surface area (Å²) in [4.78, 5) is 0. The summed E-state index contributed by atoms with van der Waals surface area (Å²) >= 11 is 0. The second kappa shape index (κ2) is 6.06. The monoisotopic (exact) mass is 234 g/mol. The van der Waals surface area contributed by atoms with E-state index >= 15 is 0 Å². The predicted octanol–water partition coefficient (Wildman–Crippen LogP) is 3.49. The molecule has 2 rings (SSSR count). The number of hydrogen-bond acceptors (Lipinski definition) is 2. The fraction of sp³-hybridized carbons (Fsp3) is 0.600. The van der Waals surface area contributed by atoms with Gasteiger partial charge in [0.1, 0.15) is 5.75 Å². The number of para-hydroxylation sites is 1. The number of aliphatic hydroxyl groups is 1. The molecule has 94 valence electrons. The van der Waals surface area contributed by atoms with Crippen LogP contribution in [0.3, 0.4) is 0 Å². The molecule has 1 saturated carbocycles. The van der Waals surface area contributed by atoms with E-state index in [1.165, 1.54) is 12.0 Å². The lowest BCUT2D eigenvalue weighted by Gasteiger charge is -2.29. The second-order valence-corrected chi connectivity index (χ2v) is 4.84. The molecule has 0 radical (unpaired) electrons. The van der Waals surface area contributed by atoms with E-state index in [1.807, 2.05) is 18.2 Å². The Morgan fingerprint density at radius 1 is 1.24 bits per heavy atom. The summed E-state index contributed by atoms with van der Waals surface area (Å²) in [5.74, 6) is 1.22. The Kier molecular flexibility index (Phi) is 4.43. The first-order valence-electron chi connectivity index (χ1n) is 6.72. The molecule has 2 nitrogen and oxygen atoms in total. The van der Waals surface area contributed by atoms with Crippen molar-refractivity contribution in [3.8, 4) is 5.75 Å². The summed E-state index contributed by atoms with van der Waals surface area (Å²) in [6.07, 6.45) is 5.18. The van der Waals surface area contributed by atoms with Gasteiger partial charge in [0, 0.05) is 5.92 Å². The predicted molar refractivity (Wildman–Crippen MR) is 69.4 cm³/mol. The average molecular weight is 234 g/mol. The van der Waals surface area contributed by atoms with Crippen LogP contribution in [-0.2, 0) is 0 Å². The van der Waals surface area contributed by atoms with Gasteiger partial charge in [-0.25, -0.2) is 0 Å². The molecule has 2 atom stereocenters. The number of benzene rings is 1. The van der Waals surface area contributed by atoms with Gasteiger partial charge in [0.25, 0.3) is 0 Å². The van der Waals surface area contributed by atoms with Gasteiger partial charge in [0.2, 0.25) is 0 Å². The lowest BCUT2D eigenvalue weighted by atomic mass is 9.81. The van der Waals surface area contributed by atoms with Crippen LogP contribution in [0.1, 0.15) is 50.5 Å². The SMILES string of the molecule is CCCOc1ccccc1[C@@H]1CCCC[C@H]1O. The molecule has 0 heterocycles. The third-order valence-corrected chi connectivity index (χ3v) is 3.51. The van der Waals surface area contributed by atoms with Crippen molar-refractivity contribution in [2.45, 2.75) is 51.0 Å². The minimum absolute atomic E-state index is 0.199. The standard InChI is InChI=1S/C15H22O2/c1-2-11-17-15-10-6-4-8-13(15)12-7-3-5-9-14(12)16/h4,6,8,10,12,14,16H,2-3,5,7,9,11H2,1H3/t12-,14+/m0/s1. The van der Waals surface area contributed by atoms with E-state index in [0.29, 0.717) is 0 Å². The molecule has 1 aromatic carbocycles. The summed E-state index contributed by atoms with van der Waals surface area (Å²) in [6.45, 7) is 2.86. The molecule has 0 bridgehead atoms. The van der Waals surface area contributed by atoms with Crippen molar-refractivity contribution in [3.05, 3.63) is 29.8 Å². The summed E-state index contributed by atoms with van der Waals surface area (Å²) in [5, 5.41) is 10.1. The average Bonchev–Trinajstić information content (AvgIpc) is 2.37. The van der Waals surface area contributed by atoms with E-state index in [-0.39, 0.29) is 12.0 Å². The molecule has 0 spiro atoms. The van der Waals surface area contributed by atoms with Crippen molar-refractivity contribution >= 4 is 0 Å². The highest BCUT2D eigenvalue weighted by Crippen LogP contribution is 2.37. The molecule has 2 heteroatoms. The Morgan fingerprint density at radius 3 is 2.76 bits per heavy atom. The molecule has 1 aliphatic carbocycles. The van der Waals surface area contributed by atoms with Gasteiger partial charge in [-0.1, -0.05) is 38.0 Å². The second-order valence-electron chi connectivity index (χ2n) is 4.84. The first-order valence-corrected chi connectivity index (χ1v) is 6.72. The fourth-order valence-corrected chi connectivity index (χ4v) is 2.60. The summed E-state index contributed by atoms with van der Waals surface area (Å²) in [6, 6.07) is 8.16. The van der Waals surface area contributed by atoms with Crippen molar-refractivity contribution < 1.29 is 9.84 Å². The van der Waals surface area contributed by atoms with E-state index in [9.17, 15) is 5.11 Å². The van der Waals surface area contributed by atoms with Crippen LogP contribution in [0, 0.1) is 0 Å². The van der Waals surface area contributed by atoms with Gasteiger partial charge < -0.3 is 9.84 Å². The van der Waals surface area contributed by atoms with Gasteiger partial charge in [-0.3, -0.25) is 0 Å².